The molecule has 0 saturated heterocycles. The predicted octanol–water partition coefficient (Wildman–Crippen LogP) is 4.38. The number of benzene rings is 1. The van der Waals surface area contributed by atoms with Gasteiger partial charge in [-0.3, -0.25) is 4.79 Å². The van der Waals surface area contributed by atoms with Crippen molar-refractivity contribution in [3.05, 3.63) is 43.9 Å². The summed E-state index contributed by atoms with van der Waals surface area (Å²) in [6, 6.07) is 3.04. The smallest absolute Gasteiger partial charge is 0.347 e. The number of aryl methyl sites for hydroxylation is 1. The van der Waals surface area contributed by atoms with E-state index in [4.69, 9.17) is 13.6 Å². The fourth-order valence-corrected chi connectivity index (χ4v) is 3.26. The summed E-state index contributed by atoms with van der Waals surface area (Å²) in [5, 5.41) is 0.906. The number of ketones is 1. The molecule has 0 atom stereocenters. The summed E-state index contributed by atoms with van der Waals surface area (Å²) in [6.45, 7) is 5.24. The van der Waals surface area contributed by atoms with Crippen LogP contribution in [0.15, 0.2) is 30.2 Å². The van der Waals surface area contributed by atoms with E-state index in [1.54, 1.807) is 26.8 Å². The zero-order valence-corrected chi connectivity index (χ0v) is 15.5. The third-order valence-electron chi connectivity index (χ3n) is 3.91. The number of ether oxygens (including phenoxy) is 1. The Labute approximate surface area is 150 Å². The minimum Gasteiger partial charge on any atom is -0.462 e. The van der Waals surface area contributed by atoms with Crippen molar-refractivity contribution < 1.29 is 23.2 Å². The molecule has 0 spiro atoms. The van der Waals surface area contributed by atoms with E-state index in [2.05, 4.69) is 15.9 Å². The van der Waals surface area contributed by atoms with Gasteiger partial charge in [-0.05, 0) is 41.9 Å². The summed E-state index contributed by atoms with van der Waals surface area (Å²) in [6.07, 6.45) is 0.172. The molecule has 0 unspecified atom stereocenters. The summed E-state index contributed by atoms with van der Waals surface area (Å²) in [4.78, 5) is 36.5. The van der Waals surface area contributed by atoms with Crippen LogP contribution in [0.5, 0.6) is 0 Å². The molecule has 0 aliphatic rings. The molecule has 7 heteroatoms. The van der Waals surface area contributed by atoms with Gasteiger partial charge in [0.1, 0.15) is 28.1 Å². The third-order valence-corrected chi connectivity index (χ3v) is 4.50. The lowest BCUT2D eigenvalue weighted by Crippen LogP contribution is -2.13. The van der Waals surface area contributed by atoms with Crippen molar-refractivity contribution in [3.8, 4) is 0 Å². The van der Waals surface area contributed by atoms with Gasteiger partial charge in [0, 0.05) is 17.2 Å². The van der Waals surface area contributed by atoms with Crippen LogP contribution in [0.3, 0.4) is 0 Å². The number of carbonyl (C=O) groups excluding carboxylic acids is 2. The molecule has 6 nitrogen and oxygen atoms in total. The standard InChI is InChI=1S/C18H15BrO6/c1-4-12(20)9-6-10-13(25-17(9)21)7-11(19)16-15(10)14(8(3)24-16)18(22)23-5-2/h6-7H,4-5H2,1-3H3. The van der Waals surface area contributed by atoms with Crippen molar-refractivity contribution in [1.29, 1.82) is 0 Å². The van der Waals surface area contributed by atoms with Crippen molar-refractivity contribution in [1.82, 2.24) is 0 Å². The molecule has 0 N–H and O–H groups in total. The van der Waals surface area contributed by atoms with Crippen LogP contribution in [-0.4, -0.2) is 18.4 Å². The number of Topliss-reactive ketones (excluding diaryl/α,β-unsaturated/α-hetero) is 1. The van der Waals surface area contributed by atoms with Crippen LogP contribution in [0.25, 0.3) is 21.9 Å². The lowest BCUT2D eigenvalue weighted by atomic mass is 10.0. The summed E-state index contributed by atoms with van der Waals surface area (Å²) >= 11 is 3.36. The van der Waals surface area contributed by atoms with Crippen molar-refractivity contribution in [2.45, 2.75) is 27.2 Å². The lowest BCUT2D eigenvalue weighted by molar-refractivity contribution is 0.0526. The first-order chi connectivity index (χ1) is 11.9. The first-order valence-electron chi connectivity index (χ1n) is 7.78. The molecule has 3 aromatic rings. The maximum Gasteiger partial charge on any atom is 0.347 e. The van der Waals surface area contributed by atoms with Crippen LogP contribution in [0.2, 0.25) is 0 Å². The van der Waals surface area contributed by atoms with Gasteiger partial charge in [0.15, 0.2) is 5.78 Å². The first-order valence-corrected chi connectivity index (χ1v) is 8.58. The summed E-state index contributed by atoms with van der Waals surface area (Å²) in [5.41, 5.74) is 0.183. The SMILES string of the molecule is CCOC(=O)c1c(C)oc2c(Br)cc3oc(=O)c(C(=O)CC)cc3c12. The molecule has 130 valence electrons. The summed E-state index contributed by atoms with van der Waals surface area (Å²) < 4.78 is 16.7. The molecule has 2 aromatic heterocycles. The molecule has 0 bridgehead atoms. The maximum atomic E-state index is 12.4. The Morgan fingerprint density at radius 1 is 1.20 bits per heavy atom. The Bertz CT molecular complexity index is 1070. The average Bonchev–Trinajstić information content (AvgIpc) is 2.92. The number of furan rings is 1. The normalized spacial score (nSPS) is 11.2. The van der Waals surface area contributed by atoms with Gasteiger partial charge in [-0.1, -0.05) is 6.92 Å². The highest BCUT2D eigenvalue weighted by Gasteiger charge is 2.25. The summed E-state index contributed by atoms with van der Waals surface area (Å²) in [7, 11) is 0. The van der Waals surface area contributed by atoms with Gasteiger partial charge in [-0.2, -0.15) is 0 Å². The van der Waals surface area contributed by atoms with Gasteiger partial charge in [0.2, 0.25) is 0 Å². The second-order valence-corrected chi connectivity index (χ2v) is 6.31. The number of halogens is 1. The molecule has 0 radical (unpaired) electrons. The number of esters is 1. The molecule has 0 aliphatic carbocycles. The predicted molar refractivity (Wildman–Crippen MR) is 95.3 cm³/mol. The zero-order chi connectivity index (χ0) is 18.3. The zero-order valence-electron chi connectivity index (χ0n) is 13.9. The highest BCUT2D eigenvalue weighted by atomic mass is 79.9. The maximum absolute atomic E-state index is 12.4. The molecule has 0 aliphatic heterocycles. The minimum atomic E-state index is -0.705. The van der Waals surface area contributed by atoms with E-state index in [9.17, 15) is 14.4 Å². The lowest BCUT2D eigenvalue weighted by Gasteiger charge is -2.05. The molecule has 2 heterocycles. The number of rotatable bonds is 4. The monoisotopic (exact) mass is 406 g/mol. The molecular weight excluding hydrogens is 392 g/mol. The number of hydrogen-bond acceptors (Lipinski definition) is 6. The van der Waals surface area contributed by atoms with Crippen LogP contribution in [-0.2, 0) is 4.74 Å². The molecule has 0 saturated carbocycles. The first kappa shape index (κ1) is 17.4. The topological polar surface area (TPSA) is 86.7 Å². The Hall–Kier alpha value is -2.41. The second-order valence-electron chi connectivity index (χ2n) is 5.45. The number of fused-ring (bicyclic) bond motifs is 3. The Kier molecular flexibility index (Phi) is 4.51. The van der Waals surface area contributed by atoms with E-state index in [0.29, 0.717) is 26.6 Å². The van der Waals surface area contributed by atoms with Gasteiger partial charge in [-0.15, -0.1) is 0 Å². The van der Waals surface area contributed by atoms with Crippen molar-refractivity contribution in [2.75, 3.05) is 6.61 Å². The van der Waals surface area contributed by atoms with Gasteiger partial charge in [0.05, 0.1) is 11.1 Å². The van der Waals surface area contributed by atoms with E-state index < -0.39 is 11.6 Å². The molecule has 0 amide bonds. The van der Waals surface area contributed by atoms with Crippen LogP contribution in [0, 0.1) is 6.92 Å². The van der Waals surface area contributed by atoms with Crippen molar-refractivity contribution in [3.63, 3.8) is 0 Å². The van der Waals surface area contributed by atoms with Crippen molar-refractivity contribution >= 4 is 49.6 Å². The van der Waals surface area contributed by atoms with Gasteiger partial charge < -0.3 is 13.6 Å². The second kappa shape index (κ2) is 6.48. The Morgan fingerprint density at radius 2 is 1.92 bits per heavy atom. The molecule has 0 fully saturated rings. The fraction of sp³-hybridized carbons (Fsp3) is 0.278. The Balaban J connectivity index is 2.48. The minimum absolute atomic E-state index is 0.0488. The highest BCUT2D eigenvalue weighted by Crippen LogP contribution is 2.37. The largest absolute Gasteiger partial charge is 0.462 e. The summed E-state index contributed by atoms with van der Waals surface area (Å²) in [5.74, 6) is -0.478. The van der Waals surface area contributed by atoms with Crippen LogP contribution in [0.1, 0.15) is 46.7 Å². The van der Waals surface area contributed by atoms with Gasteiger partial charge in [-0.25, -0.2) is 9.59 Å². The van der Waals surface area contributed by atoms with E-state index in [0.717, 1.165) is 0 Å². The Morgan fingerprint density at radius 3 is 2.56 bits per heavy atom. The van der Waals surface area contributed by atoms with Crippen LogP contribution < -0.4 is 5.63 Å². The third kappa shape index (κ3) is 2.78. The number of hydrogen-bond donors (Lipinski definition) is 0. The molecular formula is C18H15BrO6. The molecule has 3 rings (SSSR count). The van der Waals surface area contributed by atoms with E-state index >= 15 is 0 Å². The van der Waals surface area contributed by atoms with Crippen LogP contribution in [0.4, 0.5) is 0 Å². The van der Waals surface area contributed by atoms with E-state index in [-0.39, 0.29) is 35.5 Å². The number of carbonyl (C=O) groups is 2. The van der Waals surface area contributed by atoms with Gasteiger partial charge >= 0.3 is 11.6 Å². The molecule has 1 aromatic carbocycles. The van der Waals surface area contributed by atoms with Crippen LogP contribution >= 0.6 is 15.9 Å². The highest BCUT2D eigenvalue weighted by molar-refractivity contribution is 9.10. The molecule has 25 heavy (non-hydrogen) atoms. The van der Waals surface area contributed by atoms with E-state index in [1.165, 1.54) is 6.07 Å². The van der Waals surface area contributed by atoms with E-state index in [1.807, 2.05) is 0 Å². The quantitative estimate of drug-likeness (QED) is 0.363. The fourth-order valence-electron chi connectivity index (χ4n) is 2.77. The van der Waals surface area contributed by atoms with Crippen molar-refractivity contribution in [2.24, 2.45) is 0 Å². The average molecular weight is 407 g/mol. The van der Waals surface area contributed by atoms with Gasteiger partial charge in [0.25, 0.3) is 0 Å².